The highest BCUT2D eigenvalue weighted by Gasteiger charge is 2.39. The molecule has 31 heavy (non-hydrogen) atoms. The topological polar surface area (TPSA) is 17.1 Å². The monoisotopic (exact) mass is 528 g/mol. The highest BCUT2D eigenvalue weighted by molar-refractivity contribution is 7.98. The van der Waals surface area contributed by atoms with Crippen molar-refractivity contribution in [2.75, 3.05) is 12.0 Å². The van der Waals surface area contributed by atoms with Gasteiger partial charge >= 0.3 is 6.18 Å². The average molecular weight is 530 g/mol. The molecule has 0 aliphatic heterocycles. The van der Waals surface area contributed by atoms with Crippen LogP contribution in [0.15, 0.2) is 36.4 Å². The molecule has 1 nitrogen and oxygen atoms in total. The van der Waals surface area contributed by atoms with Gasteiger partial charge in [-0.25, -0.2) is 0 Å². The molecule has 0 saturated carbocycles. The molecule has 0 aromatic heterocycles. The second-order valence-corrected chi connectivity index (χ2v) is 9.39. The van der Waals surface area contributed by atoms with Crippen LogP contribution < -0.4 is 0 Å². The molecule has 0 aliphatic rings. The van der Waals surface area contributed by atoms with E-state index in [9.17, 15) is 18.0 Å². The van der Waals surface area contributed by atoms with Gasteiger partial charge in [-0.1, -0.05) is 70.7 Å². The smallest absolute Gasteiger partial charge is 0.300 e. The van der Waals surface area contributed by atoms with Crippen molar-refractivity contribution in [1.82, 2.24) is 0 Å². The Labute approximate surface area is 203 Å². The van der Waals surface area contributed by atoms with E-state index in [2.05, 4.69) is 0 Å². The molecule has 2 rings (SSSR count). The van der Waals surface area contributed by atoms with Crippen LogP contribution in [0.5, 0.6) is 0 Å². The maximum Gasteiger partial charge on any atom is 0.399 e. The molecule has 2 aromatic rings. The summed E-state index contributed by atoms with van der Waals surface area (Å²) in [6, 6.07) is 7.28. The highest BCUT2D eigenvalue weighted by atomic mass is 35.5. The first-order chi connectivity index (χ1) is 14.5. The standard InChI is InChI=1S/C22H19Cl4F3OS/c1-31-9-8-16(30)6-5-14-4-2-13(10-18(14)23)3-7-17(22(27,28)29)15-11-19(24)21(26)20(25)12-15/h2-4,7,10-12,17H,5-6,8-9H2,1H3/b7-3+. The van der Waals surface area contributed by atoms with E-state index >= 15 is 0 Å². The summed E-state index contributed by atoms with van der Waals surface area (Å²) in [5, 5.41) is 0.310. The molecule has 168 valence electrons. The van der Waals surface area contributed by atoms with E-state index in [-0.39, 0.29) is 26.4 Å². The van der Waals surface area contributed by atoms with E-state index < -0.39 is 12.1 Å². The van der Waals surface area contributed by atoms with Crippen molar-refractivity contribution in [3.8, 4) is 0 Å². The number of thioether (sulfide) groups is 1. The summed E-state index contributed by atoms with van der Waals surface area (Å²) in [6.07, 6.45) is 1.12. The molecule has 0 N–H and O–H groups in total. The van der Waals surface area contributed by atoms with Gasteiger partial charge in [-0.05, 0) is 53.3 Å². The van der Waals surface area contributed by atoms with Crippen LogP contribution in [-0.4, -0.2) is 24.0 Å². The normalized spacial score (nSPS) is 13.0. The molecule has 0 radical (unpaired) electrons. The number of aryl methyl sites for hydroxylation is 1. The number of carbonyl (C=O) groups is 1. The van der Waals surface area contributed by atoms with E-state index in [0.29, 0.717) is 29.8 Å². The minimum Gasteiger partial charge on any atom is -0.300 e. The van der Waals surface area contributed by atoms with Crippen LogP contribution in [0.3, 0.4) is 0 Å². The first kappa shape index (κ1) is 26.4. The minimum atomic E-state index is -4.56. The van der Waals surface area contributed by atoms with Crippen LogP contribution in [0.25, 0.3) is 6.08 Å². The molecular weight excluding hydrogens is 511 g/mol. The number of rotatable bonds is 9. The van der Waals surface area contributed by atoms with Crippen LogP contribution in [0.2, 0.25) is 20.1 Å². The Morgan fingerprint density at radius 3 is 2.23 bits per heavy atom. The fourth-order valence-electron chi connectivity index (χ4n) is 2.86. The Morgan fingerprint density at radius 1 is 1.03 bits per heavy atom. The molecule has 0 spiro atoms. The Morgan fingerprint density at radius 2 is 1.68 bits per heavy atom. The van der Waals surface area contributed by atoms with Crippen molar-refractivity contribution in [3.63, 3.8) is 0 Å². The van der Waals surface area contributed by atoms with E-state index in [0.717, 1.165) is 29.5 Å². The molecule has 0 bridgehead atoms. The lowest BCUT2D eigenvalue weighted by molar-refractivity contribution is -0.139. The number of halogens is 7. The molecule has 0 aliphatic carbocycles. The summed E-state index contributed by atoms with van der Waals surface area (Å²) >= 11 is 25.5. The summed E-state index contributed by atoms with van der Waals surface area (Å²) in [5.41, 5.74) is 1.16. The van der Waals surface area contributed by atoms with Gasteiger partial charge in [0.25, 0.3) is 0 Å². The van der Waals surface area contributed by atoms with Crippen molar-refractivity contribution >= 4 is 70.0 Å². The number of hydrogen-bond donors (Lipinski definition) is 0. The largest absolute Gasteiger partial charge is 0.399 e. The van der Waals surface area contributed by atoms with Crippen molar-refractivity contribution in [1.29, 1.82) is 0 Å². The Kier molecular flexibility index (Phi) is 10.1. The lowest BCUT2D eigenvalue weighted by Gasteiger charge is -2.18. The van der Waals surface area contributed by atoms with Crippen LogP contribution in [0, 0.1) is 0 Å². The predicted molar refractivity (Wildman–Crippen MR) is 127 cm³/mol. The van der Waals surface area contributed by atoms with Gasteiger partial charge in [-0.15, -0.1) is 0 Å². The third-order valence-corrected chi connectivity index (χ3v) is 6.70. The maximum atomic E-state index is 13.7. The van der Waals surface area contributed by atoms with Crippen molar-refractivity contribution in [3.05, 3.63) is 73.2 Å². The molecule has 1 atom stereocenters. The van der Waals surface area contributed by atoms with Crippen LogP contribution >= 0.6 is 58.2 Å². The first-order valence-corrected chi connectivity index (χ1v) is 12.1. The van der Waals surface area contributed by atoms with E-state index in [1.807, 2.05) is 6.26 Å². The zero-order valence-electron chi connectivity index (χ0n) is 16.4. The number of Topliss-reactive ketones (excluding diaryl/α,β-unsaturated/α-hetero) is 1. The number of alkyl halides is 3. The maximum absolute atomic E-state index is 13.7. The molecular formula is C22H19Cl4F3OS. The van der Waals surface area contributed by atoms with Gasteiger partial charge < -0.3 is 0 Å². The van der Waals surface area contributed by atoms with Gasteiger partial charge in [-0.3, -0.25) is 4.79 Å². The summed E-state index contributed by atoms with van der Waals surface area (Å²) in [6.45, 7) is 0. The van der Waals surface area contributed by atoms with E-state index in [1.54, 1.807) is 30.0 Å². The third kappa shape index (κ3) is 7.90. The molecule has 0 fully saturated rings. The Hall–Kier alpha value is -0.850. The number of hydrogen-bond acceptors (Lipinski definition) is 2. The van der Waals surface area contributed by atoms with Crippen molar-refractivity contribution in [2.45, 2.75) is 31.4 Å². The van der Waals surface area contributed by atoms with Gasteiger partial charge in [0, 0.05) is 17.9 Å². The third-order valence-electron chi connectivity index (χ3n) is 4.53. The Balaban J connectivity index is 2.19. The highest BCUT2D eigenvalue weighted by Crippen LogP contribution is 2.41. The van der Waals surface area contributed by atoms with Gasteiger partial charge in [0.05, 0.1) is 21.0 Å². The molecule has 1 unspecified atom stereocenters. The second-order valence-electron chi connectivity index (χ2n) is 6.81. The van der Waals surface area contributed by atoms with Gasteiger partial charge in [0.1, 0.15) is 5.78 Å². The second kappa shape index (κ2) is 11.9. The molecule has 0 heterocycles. The van der Waals surface area contributed by atoms with Gasteiger partial charge in [0.2, 0.25) is 0 Å². The lowest BCUT2D eigenvalue weighted by Crippen LogP contribution is -2.19. The van der Waals surface area contributed by atoms with Crippen LogP contribution in [0.1, 0.15) is 35.4 Å². The van der Waals surface area contributed by atoms with Crippen molar-refractivity contribution in [2.24, 2.45) is 0 Å². The quantitative estimate of drug-likeness (QED) is 0.301. The van der Waals surface area contributed by atoms with Crippen LogP contribution in [-0.2, 0) is 11.2 Å². The van der Waals surface area contributed by atoms with Crippen molar-refractivity contribution < 1.29 is 18.0 Å². The zero-order chi connectivity index (χ0) is 23.2. The summed E-state index contributed by atoms with van der Waals surface area (Å²) in [7, 11) is 0. The summed E-state index contributed by atoms with van der Waals surface area (Å²) < 4.78 is 41.0. The summed E-state index contributed by atoms with van der Waals surface area (Å²) in [4.78, 5) is 11.8. The Bertz CT molecular complexity index is 937. The van der Waals surface area contributed by atoms with Crippen LogP contribution in [0.4, 0.5) is 13.2 Å². The summed E-state index contributed by atoms with van der Waals surface area (Å²) in [5.74, 6) is -0.990. The fourth-order valence-corrected chi connectivity index (χ4v) is 4.18. The lowest BCUT2D eigenvalue weighted by atomic mass is 9.96. The number of ketones is 1. The van der Waals surface area contributed by atoms with E-state index in [4.69, 9.17) is 46.4 Å². The SMILES string of the molecule is CSCCC(=O)CCc1ccc(/C=C/C(c2cc(Cl)c(Cl)c(Cl)c2)C(F)(F)F)cc1Cl. The predicted octanol–water partition coefficient (Wildman–Crippen LogP) is 8.91. The fraction of sp³-hybridized carbons (Fsp3) is 0.318. The van der Waals surface area contributed by atoms with E-state index in [1.165, 1.54) is 6.08 Å². The zero-order valence-corrected chi connectivity index (χ0v) is 20.2. The molecule has 0 amide bonds. The molecule has 0 saturated heterocycles. The minimum absolute atomic E-state index is 0.00582. The molecule has 2 aromatic carbocycles. The average Bonchev–Trinajstić information content (AvgIpc) is 2.68. The molecule has 9 heteroatoms. The first-order valence-electron chi connectivity index (χ1n) is 9.21. The number of carbonyl (C=O) groups excluding carboxylic acids is 1. The number of benzene rings is 2. The number of allylic oxidation sites excluding steroid dienone is 1. The van der Waals surface area contributed by atoms with Gasteiger partial charge in [0.15, 0.2) is 0 Å². The van der Waals surface area contributed by atoms with Gasteiger partial charge in [-0.2, -0.15) is 24.9 Å².